The molecular formula is C24H24N8O3. The summed E-state index contributed by atoms with van der Waals surface area (Å²) in [7, 11) is 0. The summed E-state index contributed by atoms with van der Waals surface area (Å²) in [6.45, 7) is 2.37. The van der Waals surface area contributed by atoms with Gasteiger partial charge in [0.05, 0.1) is 12.1 Å². The number of rotatable bonds is 6. The summed E-state index contributed by atoms with van der Waals surface area (Å²) >= 11 is 0. The number of imidazole rings is 1. The van der Waals surface area contributed by atoms with Crippen LogP contribution in [0.5, 0.6) is 0 Å². The molecule has 1 unspecified atom stereocenters. The van der Waals surface area contributed by atoms with Gasteiger partial charge in [0.25, 0.3) is 11.8 Å². The molecule has 5 N–H and O–H groups in total. The molecule has 1 fully saturated rings. The molecule has 1 atom stereocenters. The first-order valence-electron chi connectivity index (χ1n) is 11.0. The molecule has 4 rings (SSSR count). The Morgan fingerprint density at radius 2 is 1.94 bits per heavy atom. The Balaban J connectivity index is 1.63. The molecule has 1 aliphatic heterocycles. The Morgan fingerprint density at radius 1 is 1.20 bits per heavy atom. The Labute approximate surface area is 201 Å². The van der Waals surface area contributed by atoms with E-state index in [0.717, 1.165) is 16.7 Å². The van der Waals surface area contributed by atoms with Crippen molar-refractivity contribution in [3.05, 3.63) is 65.2 Å². The molecule has 0 aliphatic carbocycles. The second-order valence-corrected chi connectivity index (χ2v) is 8.23. The number of aromatic nitrogens is 3. The predicted molar refractivity (Wildman–Crippen MR) is 127 cm³/mol. The first-order valence-corrected chi connectivity index (χ1v) is 11.0. The molecule has 3 amide bonds. The molecule has 0 radical (unpaired) electrons. The molecule has 178 valence electrons. The third-order valence-electron chi connectivity index (χ3n) is 5.85. The number of nitrogen functional groups attached to an aromatic ring is 1. The molecule has 35 heavy (non-hydrogen) atoms. The van der Waals surface area contributed by atoms with Crippen LogP contribution in [-0.4, -0.2) is 43.8 Å². The highest BCUT2D eigenvalue weighted by molar-refractivity contribution is 6.04. The number of carbonyl (C=O) groups is 3. The van der Waals surface area contributed by atoms with Crippen LogP contribution in [0.2, 0.25) is 0 Å². The molecule has 0 saturated carbocycles. The van der Waals surface area contributed by atoms with Crippen molar-refractivity contribution in [1.29, 1.82) is 5.26 Å². The van der Waals surface area contributed by atoms with E-state index in [0.29, 0.717) is 35.7 Å². The first kappa shape index (κ1) is 23.4. The number of nitrogens with zero attached hydrogens (tertiary/aromatic N) is 5. The van der Waals surface area contributed by atoms with E-state index < -0.39 is 11.9 Å². The zero-order valence-corrected chi connectivity index (χ0v) is 19.1. The van der Waals surface area contributed by atoms with Crippen LogP contribution in [0.4, 0.5) is 5.82 Å². The van der Waals surface area contributed by atoms with Gasteiger partial charge in [-0.2, -0.15) is 5.26 Å². The number of nitrogens with one attached hydrogen (secondary N) is 1. The van der Waals surface area contributed by atoms with Crippen LogP contribution < -0.4 is 16.9 Å². The van der Waals surface area contributed by atoms with E-state index >= 15 is 0 Å². The van der Waals surface area contributed by atoms with Crippen molar-refractivity contribution >= 4 is 23.5 Å². The van der Waals surface area contributed by atoms with Gasteiger partial charge in [-0.25, -0.2) is 14.6 Å². The van der Waals surface area contributed by atoms with Crippen LogP contribution in [0.3, 0.4) is 0 Å². The van der Waals surface area contributed by atoms with Crippen molar-refractivity contribution in [2.45, 2.75) is 32.2 Å². The number of benzene rings is 1. The van der Waals surface area contributed by atoms with Crippen molar-refractivity contribution in [2.75, 3.05) is 17.7 Å². The van der Waals surface area contributed by atoms with Crippen LogP contribution >= 0.6 is 0 Å². The van der Waals surface area contributed by atoms with E-state index in [1.54, 1.807) is 41.4 Å². The highest BCUT2D eigenvalue weighted by Gasteiger charge is 2.35. The average molecular weight is 473 g/mol. The number of anilines is 1. The smallest absolute Gasteiger partial charge is 0.269 e. The van der Waals surface area contributed by atoms with Gasteiger partial charge < -0.3 is 21.8 Å². The Morgan fingerprint density at radius 3 is 2.57 bits per heavy atom. The summed E-state index contributed by atoms with van der Waals surface area (Å²) in [6.07, 6.45) is 2.72. The van der Waals surface area contributed by atoms with Crippen LogP contribution in [0, 0.1) is 18.3 Å². The number of nitrogens with two attached hydrogens (primary N) is 2. The number of amides is 3. The molecule has 3 heterocycles. The van der Waals surface area contributed by atoms with Gasteiger partial charge in [-0.15, -0.1) is 0 Å². The number of hydrogen-bond donors (Lipinski definition) is 3. The highest BCUT2D eigenvalue weighted by atomic mass is 16.2. The lowest BCUT2D eigenvalue weighted by Gasteiger charge is -2.23. The van der Waals surface area contributed by atoms with E-state index in [1.165, 1.54) is 0 Å². The standard InChI is InChI=1S/C24H24N8O3/c1-14-4-9-18(28-13-14)29-24(35)16-7-5-15(6-8-16)20-21(22(26)34)32(27)23(30-20)17-3-2-12-31(17)19(33)10-11-25/h4-9,13,17H,2-3,10,12,27H2,1H3,(H2,26,34)(H,28,29,35). The fraction of sp³-hybridized carbons (Fsp3) is 0.250. The van der Waals surface area contributed by atoms with Gasteiger partial charge in [0.2, 0.25) is 5.91 Å². The quantitative estimate of drug-likeness (QED) is 0.459. The summed E-state index contributed by atoms with van der Waals surface area (Å²) in [5.41, 5.74) is 7.74. The van der Waals surface area contributed by atoms with E-state index in [4.69, 9.17) is 16.8 Å². The molecule has 3 aromatic rings. The van der Waals surface area contributed by atoms with Crippen LogP contribution in [-0.2, 0) is 4.79 Å². The zero-order valence-electron chi connectivity index (χ0n) is 19.1. The minimum atomic E-state index is -0.776. The fourth-order valence-corrected chi connectivity index (χ4v) is 4.13. The van der Waals surface area contributed by atoms with Crippen molar-refractivity contribution in [2.24, 2.45) is 5.73 Å². The Hall–Kier alpha value is -4.72. The molecule has 0 bridgehead atoms. The molecule has 1 aromatic carbocycles. The molecular weight excluding hydrogens is 448 g/mol. The molecule has 1 aliphatic rings. The number of hydrogen-bond acceptors (Lipinski definition) is 7. The third-order valence-corrected chi connectivity index (χ3v) is 5.85. The SMILES string of the molecule is Cc1ccc(NC(=O)c2ccc(-c3nc(C4CCCN4C(=O)CC#N)n(N)c3C(N)=O)cc2)nc1. The van der Waals surface area contributed by atoms with Gasteiger partial charge in [-0.3, -0.25) is 14.4 Å². The van der Waals surface area contributed by atoms with Crippen molar-refractivity contribution in [3.8, 4) is 17.3 Å². The maximum atomic E-state index is 12.6. The van der Waals surface area contributed by atoms with Crippen molar-refractivity contribution in [1.82, 2.24) is 19.5 Å². The van der Waals surface area contributed by atoms with Crippen molar-refractivity contribution in [3.63, 3.8) is 0 Å². The summed E-state index contributed by atoms with van der Waals surface area (Å²) in [5.74, 6) is 5.51. The lowest BCUT2D eigenvalue weighted by molar-refractivity contribution is -0.131. The first-order chi connectivity index (χ1) is 16.8. The predicted octanol–water partition coefficient (Wildman–Crippen LogP) is 1.90. The largest absolute Gasteiger partial charge is 0.364 e. The lowest BCUT2D eigenvalue weighted by atomic mass is 10.1. The van der Waals surface area contributed by atoms with Crippen LogP contribution in [0.1, 0.15) is 57.5 Å². The van der Waals surface area contributed by atoms with Crippen molar-refractivity contribution < 1.29 is 14.4 Å². The normalized spacial score (nSPS) is 15.0. The second-order valence-electron chi connectivity index (χ2n) is 8.23. The van der Waals surface area contributed by atoms with Gasteiger partial charge in [-0.05, 0) is 43.5 Å². The molecule has 0 spiro atoms. The van der Waals surface area contributed by atoms with E-state index in [9.17, 15) is 14.4 Å². The molecule has 1 saturated heterocycles. The van der Waals surface area contributed by atoms with E-state index in [-0.39, 0.29) is 29.6 Å². The number of aryl methyl sites for hydroxylation is 1. The van der Waals surface area contributed by atoms with Crippen LogP contribution in [0.15, 0.2) is 42.6 Å². The molecule has 11 nitrogen and oxygen atoms in total. The minimum absolute atomic E-state index is 0.0133. The zero-order chi connectivity index (χ0) is 25.1. The Bertz CT molecular complexity index is 1320. The van der Waals surface area contributed by atoms with Gasteiger partial charge >= 0.3 is 0 Å². The number of pyridine rings is 1. The van der Waals surface area contributed by atoms with Gasteiger partial charge in [0.15, 0.2) is 11.5 Å². The molecule has 2 aromatic heterocycles. The number of primary amides is 1. The maximum Gasteiger partial charge on any atom is 0.269 e. The summed E-state index contributed by atoms with van der Waals surface area (Å²) in [4.78, 5) is 47.5. The Kier molecular flexibility index (Phi) is 6.46. The van der Waals surface area contributed by atoms with Crippen LogP contribution in [0.25, 0.3) is 11.3 Å². The van der Waals surface area contributed by atoms with Gasteiger partial charge in [0, 0.05) is 23.9 Å². The summed E-state index contributed by atoms with van der Waals surface area (Å²) < 4.78 is 1.12. The fourth-order valence-electron chi connectivity index (χ4n) is 4.13. The number of nitriles is 1. The topological polar surface area (TPSA) is 173 Å². The van der Waals surface area contributed by atoms with E-state index in [1.807, 2.05) is 19.1 Å². The summed E-state index contributed by atoms with van der Waals surface area (Å²) in [5, 5.41) is 11.6. The summed E-state index contributed by atoms with van der Waals surface area (Å²) in [6, 6.07) is 11.4. The minimum Gasteiger partial charge on any atom is -0.364 e. The average Bonchev–Trinajstić information content (AvgIpc) is 3.45. The number of likely N-dealkylation sites (tertiary alicyclic amines) is 1. The monoisotopic (exact) mass is 472 g/mol. The van der Waals surface area contributed by atoms with Gasteiger partial charge in [0.1, 0.15) is 17.9 Å². The third kappa shape index (κ3) is 4.67. The number of carbonyl (C=O) groups excluding carboxylic acids is 3. The second kappa shape index (κ2) is 9.64. The van der Waals surface area contributed by atoms with E-state index in [2.05, 4.69) is 15.3 Å². The maximum absolute atomic E-state index is 12.6. The molecule has 11 heteroatoms. The highest BCUT2D eigenvalue weighted by Crippen LogP contribution is 2.34. The van der Waals surface area contributed by atoms with Gasteiger partial charge in [-0.1, -0.05) is 18.2 Å². The lowest BCUT2D eigenvalue weighted by Crippen LogP contribution is -2.33.